The first kappa shape index (κ1) is 22.8. The smallest absolute Gasteiger partial charge is 0.344 e. The molecule has 0 saturated carbocycles. The van der Waals surface area contributed by atoms with Crippen molar-refractivity contribution < 1.29 is 14.6 Å². The molecule has 28 heavy (non-hydrogen) atoms. The number of rotatable bonds is 8. The van der Waals surface area contributed by atoms with Gasteiger partial charge in [0.15, 0.2) is 6.10 Å². The third-order valence-corrected chi connectivity index (χ3v) is 6.83. The summed E-state index contributed by atoms with van der Waals surface area (Å²) in [6.45, 7) is 10.3. The highest BCUT2D eigenvalue weighted by Crippen LogP contribution is 2.31. The van der Waals surface area contributed by atoms with Gasteiger partial charge in [-0.05, 0) is 103 Å². The van der Waals surface area contributed by atoms with E-state index in [2.05, 4.69) is 67.6 Å². The highest BCUT2D eigenvalue weighted by Gasteiger charge is 2.17. The monoisotopic (exact) mass is 510 g/mol. The fourth-order valence-electron chi connectivity index (χ4n) is 2.84. The van der Waals surface area contributed by atoms with Crippen LogP contribution in [0.1, 0.15) is 41.2 Å². The van der Waals surface area contributed by atoms with E-state index in [4.69, 9.17) is 9.84 Å². The van der Waals surface area contributed by atoms with Crippen LogP contribution in [0.25, 0.3) is 3.58 Å². The van der Waals surface area contributed by atoms with Gasteiger partial charge in [-0.3, -0.25) is 0 Å². The van der Waals surface area contributed by atoms with E-state index in [0.717, 1.165) is 16.2 Å². The highest BCUT2D eigenvalue weighted by atomic mass is 127. The van der Waals surface area contributed by atoms with Gasteiger partial charge in [-0.2, -0.15) is 0 Å². The second kappa shape index (κ2) is 10.3. The van der Waals surface area contributed by atoms with Crippen LogP contribution in [0.3, 0.4) is 0 Å². The number of halogens is 1. The van der Waals surface area contributed by atoms with Crippen LogP contribution in [-0.4, -0.2) is 22.9 Å². The molecule has 1 atom stereocenters. The van der Waals surface area contributed by atoms with Crippen LogP contribution in [-0.2, 0) is 4.79 Å². The summed E-state index contributed by atoms with van der Waals surface area (Å²) < 4.78 is 6.88. The summed E-state index contributed by atoms with van der Waals surface area (Å²) in [6.07, 6.45) is 1.88. The number of aliphatic carboxylic acids is 1. The van der Waals surface area contributed by atoms with Crippen molar-refractivity contribution in [3.05, 3.63) is 64.2 Å². The molecule has 3 nitrogen and oxygen atoms in total. The largest absolute Gasteiger partial charge is 0.479 e. The van der Waals surface area contributed by atoms with Gasteiger partial charge in [-0.15, -0.1) is 11.8 Å². The molecule has 0 saturated heterocycles. The van der Waals surface area contributed by atoms with Crippen molar-refractivity contribution in [3.8, 4) is 5.75 Å². The van der Waals surface area contributed by atoms with Gasteiger partial charge in [0.05, 0.1) is 0 Å². The fraction of sp³-hybridized carbons (Fsp3) is 0.348. The number of carboxylic acids is 1. The Morgan fingerprint density at radius 3 is 2.46 bits per heavy atom. The molecule has 0 fully saturated rings. The zero-order chi connectivity index (χ0) is 20.8. The number of hydrogen-bond donors (Lipinski definition) is 1. The summed E-state index contributed by atoms with van der Waals surface area (Å²) in [7, 11) is 0. The molecule has 1 N–H and O–H groups in total. The topological polar surface area (TPSA) is 46.5 Å². The summed E-state index contributed by atoms with van der Waals surface area (Å²) in [4.78, 5) is 12.3. The number of aryl methyl sites for hydroxylation is 2. The lowest BCUT2D eigenvalue weighted by Crippen LogP contribution is -2.26. The van der Waals surface area contributed by atoms with E-state index in [1.54, 1.807) is 11.8 Å². The average Bonchev–Trinajstić information content (AvgIpc) is 2.65. The van der Waals surface area contributed by atoms with Crippen LogP contribution in [0.5, 0.6) is 5.75 Å². The van der Waals surface area contributed by atoms with Gasteiger partial charge in [0.1, 0.15) is 5.75 Å². The molecule has 0 aliphatic rings. The molecule has 2 aromatic carbocycles. The quantitative estimate of drug-likeness (QED) is 0.316. The minimum absolute atomic E-state index is 0.437. The van der Waals surface area contributed by atoms with E-state index >= 15 is 0 Å². The van der Waals surface area contributed by atoms with E-state index < -0.39 is 12.1 Å². The lowest BCUT2D eigenvalue weighted by atomic mass is 9.99. The molecule has 0 aliphatic heterocycles. The van der Waals surface area contributed by atoms with Crippen LogP contribution in [0.2, 0.25) is 0 Å². The molecule has 0 aromatic heterocycles. The number of carbonyl (C=O) groups is 1. The maximum Gasteiger partial charge on any atom is 0.344 e. The number of carboxylic acid groups (broad SMARTS) is 1. The second-order valence-electron chi connectivity index (χ2n) is 6.82. The third-order valence-electron chi connectivity index (χ3n) is 4.89. The van der Waals surface area contributed by atoms with Gasteiger partial charge < -0.3 is 9.84 Å². The molecule has 0 aliphatic carbocycles. The molecule has 0 spiro atoms. The van der Waals surface area contributed by atoms with Crippen molar-refractivity contribution in [2.75, 3.05) is 5.75 Å². The Hall–Kier alpha value is -1.47. The van der Waals surface area contributed by atoms with E-state index in [1.165, 1.54) is 25.8 Å². The summed E-state index contributed by atoms with van der Waals surface area (Å²) >= 11 is 4.17. The van der Waals surface area contributed by atoms with Crippen LogP contribution in [0, 0.1) is 27.7 Å². The lowest BCUT2D eigenvalue weighted by molar-refractivity contribution is -0.145. The molecule has 0 heterocycles. The average molecular weight is 510 g/mol. The maximum atomic E-state index is 11.2. The lowest BCUT2D eigenvalue weighted by Gasteiger charge is -2.15. The Morgan fingerprint density at radius 1 is 1.14 bits per heavy atom. The Bertz CT molecular complexity index is 890. The normalized spacial score (nSPS) is 12.7. The van der Waals surface area contributed by atoms with E-state index in [9.17, 15) is 4.79 Å². The van der Waals surface area contributed by atoms with Crippen molar-refractivity contribution >= 4 is 43.9 Å². The Morgan fingerprint density at radius 2 is 1.86 bits per heavy atom. The number of ether oxygens (including phenoxy) is 1. The van der Waals surface area contributed by atoms with Gasteiger partial charge in [-0.1, -0.05) is 25.1 Å². The van der Waals surface area contributed by atoms with Gasteiger partial charge in [-0.25, -0.2) is 4.79 Å². The number of benzene rings is 2. The predicted octanol–water partition coefficient (Wildman–Crippen LogP) is 6.73. The zero-order valence-electron chi connectivity index (χ0n) is 17.0. The second-order valence-corrected chi connectivity index (χ2v) is 9.08. The van der Waals surface area contributed by atoms with Crippen molar-refractivity contribution in [2.24, 2.45) is 0 Å². The fourth-order valence-corrected chi connectivity index (χ4v) is 4.81. The molecule has 0 bridgehead atoms. The van der Waals surface area contributed by atoms with Crippen LogP contribution in [0.15, 0.2) is 41.3 Å². The number of hydrogen-bond acceptors (Lipinski definition) is 3. The molecule has 5 heteroatoms. The van der Waals surface area contributed by atoms with E-state index in [0.29, 0.717) is 12.2 Å². The zero-order valence-corrected chi connectivity index (χ0v) is 20.0. The van der Waals surface area contributed by atoms with Gasteiger partial charge >= 0.3 is 5.97 Å². The maximum absolute atomic E-state index is 11.2. The predicted molar refractivity (Wildman–Crippen MR) is 127 cm³/mol. The van der Waals surface area contributed by atoms with Gasteiger partial charge in [0.2, 0.25) is 0 Å². The first-order chi connectivity index (χ1) is 13.2. The van der Waals surface area contributed by atoms with Crippen molar-refractivity contribution in [1.82, 2.24) is 0 Å². The first-order valence-corrected chi connectivity index (χ1v) is 11.4. The summed E-state index contributed by atoms with van der Waals surface area (Å²) in [5.74, 6) is 0.577. The SMILES string of the molecule is CCC(Oc1ccc(SCC=C(I)c2ccc(C)c(C)c2C)cc1C)C(=O)O. The number of thioether (sulfide) groups is 1. The molecule has 150 valence electrons. The Kier molecular flexibility index (Phi) is 8.43. The first-order valence-electron chi connectivity index (χ1n) is 9.30. The van der Waals surface area contributed by atoms with Crippen LogP contribution in [0.4, 0.5) is 0 Å². The minimum atomic E-state index is -0.929. The molecule has 2 aromatic rings. The standard InChI is InChI=1S/C23H27IO3S/c1-6-21(23(25)26)27-22-10-8-18(13-15(22)3)28-12-11-20(24)19-9-7-14(2)16(4)17(19)5/h7-11,13,21H,6,12H2,1-5H3,(H,25,26). The van der Waals surface area contributed by atoms with Gasteiger partial charge in [0.25, 0.3) is 0 Å². The Labute approximate surface area is 185 Å². The third kappa shape index (κ3) is 5.77. The summed E-state index contributed by atoms with van der Waals surface area (Å²) in [5, 5.41) is 9.16. The molecule has 0 radical (unpaired) electrons. The molecule has 0 amide bonds. The van der Waals surface area contributed by atoms with Crippen LogP contribution >= 0.6 is 34.4 Å². The summed E-state index contributed by atoms with van der Waals surface area (Å²) in [6, 6.07) is 10.3. The molecular weight excluding hydrogens is 483 g/mol. The van der Waals surface area contributed by atoms with Crippen molar-refractivity contribution in [1.29, 1.82) is 0 Å². The van der Waals surface area contributed by atoms with Crippen molar-refractivity contribution in [2.45, 2.75) is 52.0 Å². The summed E-state index contributed by atoms with van der Waals surface area (Å²) in [5.41, 5.74) is 6.26. The Balaban J connectivity index is 2.05. The molecule has 1 unspecified atom stereocenters. The van der Waals surface area contributed by atoms with E-state index in [-0.39, 0.29) is 0 Å². The van der Waals surface area contributed by atoms with Crippen LogP contribution < -0.4 is 4.74 Å². The highest BCUT2D eigenvalue weighted by molar-refractivity contribution is 14.1. The minimum Gasteiger partial charge on any atom is -0.479 e. The molecular formula is C23H27IO3S. The van der Waals surface area contributed by atoms with Crippen molar-refractivity contribution in [3.63, 3.8) is 0 Å². The van der Waals surface area contributed by atoms with Gasteiger partial charge in [0, 0.05) is 14.2 Å². The molecule has 2 rings (SSSR count). The van der Waals surface area contributed by atoms with E-state index in [1.807, 2.05) is 26.0 Å².